The number of likely N-dealkylation sites (tertiary alicyclic amines) is 1. The average molecular weight is 450 g/mol. The van der Waals surface area contributed by atoms with Crippen LogP contribution in [-0.4, -0.2) is 93.4 Å². The third-order valence-electron chi connectivity index (χ3n) is 11.8. The molecule has 0 aromatic rings. The number of nitrogens with zero attached hydrogens (tertiary/aromatic N) is 1. The van der Waals surface area contributed by atoms with Crippen LogP contribution < -0.4 is 0 Å². The van der Waals surface area contributed by atoms with Crippen LogP contribution in [0.2, 0.25) is 0 Å². The SMILES string of the molecule is CCN1CC2(C)CCC(OC)C34C2C(O)C2(OCOC2C25CC(OC)C(CC23)C5OC)C14. The molecule has 2 saturated heterocycles. The molecule has 1 N–H and O–H groups in total. The maximum absolute atomic E-state index is 12.3. The van der Waals surface area contributed by atoms with Gasteiger partial charge in [0.15, 0.2) is 0 Å². The number of hydrogen-bond donors (Lipinski definition) is 1. The molecule has 0 amide bonds. The van der Waals surface area contributed by atoms with Gasteiger partial charge in [-0.1, -0.05) is 13.8 Å². The quantitative estimate of drug-likeness (QED) is 0.700. The van der Waals surface area contributed by atoms with E-state index in [-0.39, 0.29) is 59.4 Å². The topological polar surface area (TPSA) is 69.6 Å². The summed E-state index contributed by atoms with van der Waals surface area (Å²) in [5.41, 5.74) is -1.07. The fourth-order valence-corrected chi connectivity index (χ4v) is 11.6. The van der Waals surface area contributed by atoms with Gasteiger partial charge in [0, 0.05) is 50.5 Å². The summed E-state index contributed by atoms with van der Waals surface area (Å²) in [5.74, 6) is 0.860. The second-order valence-electron chi connectivity index (χ2n) is 12.2. The summed E-state index contributed by atoms with van der Waals surface area (Å²) < 4.78 is 32.0. The molecule has 32 heavy (non-hydrogen) atoms. The lowest BCUT2D eigenvalue weighted by atomic mass is 9.41. The normalized spacial score (nSPS) is 64.1. The van der Waals surface area contributed by atoms with Gasteiger partial charge in [0.05, 0.1) is 30.5 Å². The zero-order valence-corrected chi connectivity index (χ0v) is 20.1. The Morgan fingerprint density at radius 1 is 1.16 bits per heavy atom. The summed E-state index contributed by atoms with van der Waals surface area (Å²) >= 11 is 0. The van der Waals surface area contributed by atoms with Gasteiger partial charge in [-0.05, 0) is 43.6 Å². The standard InChI is InChI=1S/C25H39NO6/c1-6-26-11-22(2)8-7-16(29-4)24-15-9-13-14(28-3)10-23(15,19(13)30-5)21-25(20(24)26,32-12-31-21)18(27)17(22)24/h13-21,27H,6-12H2,1-5H3. The molecule has 0 radical (unpaired) electrons. The van der Waals surface area contributed by atoms with Crippen LogP contribution in [0, 0.1) is 34.0 Å². The van der Waals surface area contributed by atoms with Crippen molar-refractivity contribution in [2.75, 3.05) is 41.2 Å². The molecule has 7 bridgehead atoms. The molecule has 0 aromatic carbocycles. The molecule has 180 valence electrons. The van der Waals surface area contributed by atoms with Crippen molar-refractivity contribution in [3.8, 4) is 0 Å². The number of methoxy groups -OCH3 is 3. The molecule has 7 heteroatoms. The van der Waals surface area contributed by atoms with E-state index in [1.165, 1.54) is 0 Å². The van der Waals surface area contributed by atoms with Crippen molar-refractivity contribution in [2.45, 2.75) is 81.7 Å². The van der Waals surface area contributed by atoms with Crippen molar-refractivity contribution >= 4 is 0 Å². The first-order valence-electron chi connectivity index (χ1n) is 12.7. The van der Waals surface area contributed by atoms with Crippen LogP contribution in [0.3, 0.4) is 0 Å². The summed E-state index contributed by atoms with van der Waals surface area (Å²) in [7, 11) is 5.57. The molecule has 7 nitrogen and oxygen atoms in total. The summed E-state index contributed by atoms with van der Waals surface area (Å²) in [6.45, 7) is 6.90. The maximum atomic E-state index is 12.3. The van der Waals surface area contributed by atoms with Crippen LogP contribution in [-0.2, 0) is 23.7 Å². The number of piperidine rings is 1. The minimum Gasteiger partial charge on any atom is -0.390 e. The van der Waals surface area contributed by atoms with E-state index >= 15 is 0 Å². The highest BCUT2D eigenvalue weighted by Gasteiger charge is 2.92. The Hall–Kier alpha value is -0.280. The first kappa shape index (κ1) is 21.0. The second kappa shape index (κ2) is 6.28. The van der Waals surface area contributed by atoms with Crippen molar-refractivity contribution in [1.82, 2.24) is 4.90 Å². The summed E-state index contributed by atoms with van der Waals surface area (Å²) in [4.78, 5) is 2.63. The molecule has 2 heterocycles. The smallest absolute Gasteiger partial charge is 0.148 e. The van der Waals surface area contributed by atoms with Gasteiger partial charge in [-0.25, -0.2) is 0 Å². The van der Waals surface area contributed by atoms with E-state index in [0.717, 1.165) is 38.8 Å². The number of hydrogen-bond acceptors (Lipinski definition) is 7. The first-order chi connectivity index (χ1) is 15.4. The Labute approximate surface area is 191 Å². The van der Waals surface area contributed by atoms with Gasteiger partial charge in [0.25, 0.3) is 0 Å². The number of ether oxygens (including phenoxy) is 5. The van der Waals surface area contributed by atoms with Crippen LogP contribution in [0.5, 0.6) is 0 Å². The number of rotatable bonds is 4. The minimum absolute atomic E-state index is 0.0392. The second-order valence-corrected chi connectivity index (χ2v) is 12.2. The van der Waals surface area contributed by atoms with Crippen LogP contribution in [0.25, 0.3) is 0 Å². The fraction of sp³-hybridized carbons (Fsp3) is 1.00. The van der Waals surface area contributed by atoms with E-state index in [2.05, 4.69) is 18.7 Å². The van der Waals surface area contributed by atoms with Crippen molar-refractivity contribution < 1.29 is 28.8 Å². The van der Waals surface area contributed by atoms with Crippen LogP contribution in [0.4, 0.5) is 0 Å². The van der Waals surface area contributed by atoms with Crippen molar-refractivity contribution in [3.63, 3.8) is 0 Å². The molecule has 0 aromatic heterocycles. The molecule has 13 atom stereocenters. The van der Waals surface area contributed by atoms with E-state index in [1.807, 2.05) is 21.3 Å². The third-order valence-corrected chi connectivity index (χ3v) is 11.8. The van der Waals surface area contributed by atoms with E-state index in [1.54, 1.807) is 0 Å². The van der Waals surface area contributed by atoms with Crippen LogP contribution in [0.15, 0.2) is 0 Å². The summed E-state index contributed by atoms with van der Waals surface area (Å²) in [6.07, 6.45) is 3.71. The molecule has 7 rings (SSSR count). The summed E-state index contributed by atoms with van der Waals surface area (Å²) in [5, 5.41) is 12.3. The van der Waals surface area contributed by atoms with Gasteiger partial charge in [-0.2, -0.15) is 0 Å². The van der Waals surface area contributed by atoms with E-state index in [4.69, 9.17) is 23.7 Å². The highest BCUT2D eigenvalue weighted by molar-refractivity contribution is 5.41. The first-order valence-corrected chi connectivity index (χ1v) is 12.7. The van der Waals surface area contributed by atoms with E-state index < -0.39 is 11.7 Å². The predicted molar refractivity (Wildman–Crippen MR) is 115 cm³/mol. The molecule has 5 aliphatic carbocycles. The molecule has 2 aliphatic heterocycles. The molecule has 13 unspecified atom stereocenters. The lowest BCUT2D eigenvalue weighted by molar-refractivity contribution is -0.278. The molecular weight excluding hydrogens is 410 g/mol. The molecular formula is C25H39NO6. The Morgan fingerprint density at radius 3 is 2.66 bits per heavy atom. The van der Waals surface area contributed by atoms with Crippen molar-refractivity contribution in [1.29, 1.82) is 0 Å². The van der Waals surface area contributed by atoms with Gasteiger partial charge in [0.1, 0.15) is 18.5 Å². The Bertz CT molecular complexity index is 826. The van der Waals surface area contributed by atoms with E-state index in [9.17, 15) is 5.11 Å². The van der Waals surface area contributed by atoms with Gasteiger partial charge >= 0.3 is 0 Å². The fourth-order valence-electron chi connectivity index (χ4n) is 11.6. The van der Waals surface area contributed by atoms with Gasteiger partial charge in [0.2, 0.25) is 0 Å². The molecule has 7 aliphatic rings. The number of aliphatic hydroxyl groups excluding tert-OH is 1. The highest BCUT2D eigenvalue weighted by Crippen LogP contribution is 2.83. The molecule has 7 fully saturated rings. The van der Waals surface area contributed by atoms with Gasteiger partial charge in [-0.3, -0.25) is 4.90 Å². The Balaban J connectivity index is 1.54. The number of aliphatic hydroxyl groups is 1. The Morgan fingerprint density at radius 2 is 1.97 bits per heavy atom. The third kappa shape index (κ3) is 1.80. The van der Waals surface area contributed by atoms with Gasteiger partial charge in [-0.15, -0.1) is 0 Å². The molecule has 3 spiro atoms. The minimum atomic E-state index is -0.732. The average Bonchev–Trinajstić information content (AvgIpc) is 3.48. The predicted octanol–water partition coefficient (Wildman–Crippen LogP) is 1.66. The monoisotopic (exact) mass is 449 g/mol. The zero-order valence-electron chi connectivity index (χ0n) is 20.1. The zero-order chi connectivity index (χ0) is 22.3. The largest absolute Gasteiger partial charge is 0.390 e. The van der Waals surface area contributed by atoms with Crippen molar-refractivity contribution in [3.05, 3.63) is 0 Å². The number of fused-ring (bicyclic) bond motifs is 1. The molecule has 5 saturated carbocycles. The lowest BCUT2D eigenvalue weighted by Crippen LogP contribution is -2.79. The summed E-state index contributed by atoms with van der Waals surface area (Å²) in [6, 6.07) is 0.110. The van der Waals surface area contributed by atoms with Crippen LogP contribution >= 0.6 is 0 Å². The number of likely N-dealkylation sites (N-methyl/N-ethyl adjacent to an activating group) is 1. The van der Waals surface area contributed by atoms with Crippen LogP contribution in [0.1, 0.15) is 39.5 Å². The van der Waals surface area contributed by atoms with E-state index in [0.29, 0.717) is 11.8 Å². The Kier molecular flexibility index (Phi) is 4.13. The maximum Gasteiger partial charge on any atom is 0.148 e. The highest BCUT2D eigenvalue weighted by atomic mass is 16.7. The van der Waals surface area contributed by atoms with Crippen molar-refractivity contribution in [2.24, 2.45) is 34.0 Å². The lowest BCUT2D eigenvalue weighted by Gasteiger charge is -2.70. The van der Waals surface area contributed by atoms with Gasteiger partial charge < -0.3 is 28.8 Å².